The second kappa shape index (κ2) is 6.94. The first-order valence-electron chi connectivity index (χ1n) is 6.22. The Morgan fingerprint density at radius 1 is 1.00 bits per heavy atom. The van der Waals surface area contributed by atoms with Crippen LogP contribution in [0.1, 0.15) is 11.1 Å². The molecule has 7 heteroatoms. The molecule has 0 saturated heterocycles. The van der Waals surface area contributed by atoms with Crippen molar-refractivity contribution in [1.82, 2.24) is 15.3 Å². The zero-order valence-electron chi connectivity index (χ0n) is 11.7. The van der Waals surface area contributed by atoms with Gasteiger partial charge in [0.05, 0.1) is 19.8 Å². The van der Waals surface area contributed by atoms with Crippen LogP contribution in [0.25, 0.3) is 0 Å². The van der Waals surface area contributed by atoms with E-state index >= 15 is 0 Å². The summed E-state index contributed by atoms with van der Waals surface area (Å²) in [6.45, 7) is 0.727. The van der Waals surface area contributed by atoms with Gasteiger partial charge in [-0.3, -0.25) is 0 Å². The fraction of sp³-hybridized carbons (Fsp3) is 0.286. The lowest BCUT2D eigenvalue weighted by Crippen LogP contribution is -2.15. The number of nitrogens with one attached hydrogen (secondary N) is 1. The zero-order valence-corrected chi connectivity index (χ0v) is 11.7. The summed E-state index contributed by atoms with van der Waals surface area (Å²) >= 11 is 0. The molecule has 2 aromatic rings. The molecule has 1 N–H and O–H groups in total. The molecule has 0 fully saturated rings. The first kappa shape index (κ1) is 15.1. The zero-order chi connectivity index (χ0) is 15.2. The molecule has 0 amide bonds. The minimum Gasteiger partial charge on any atom is -0.481 e. The number of hydrogen-bond acceptors (Lipinski definition) is 5. The van der Waals surface area contributed by atoms with Gasteiger partial charge in [-0.1, -0.05) is 6.07 Å². The lowest BCUT2D eigenvalue weighted by atomic mass is 10.2. The van der Waals surface area contributed by atoms with Crippen LogP contribution in [-0.4, -0.2) is 24.2 Å². The molecule has 0 radical (unpaired) electrons. The van der Waals surface area contributed by atoms with Gasteiger partial charge in [0.2, 0.25) is 11.8 Å². The molecule has 0 unspecified atom stereocenters. The first-order chi connectivity index (χ1) is 10.2. The molecular weight excluding hydrogens is 280 g/mol. The number of ether oxygens (including phenoxy) is 2. The van der Waals surface area contributed by atoms with Crippen LogP contribution in [0.15, 0.2) is 24.5 Å². The van der Waals surface area contributed by atoms with E-state index < -0.39 is 11.6 Å². The molecule has 0 bridgehead atoms. The quantitative estimate of drug-likeness (QED) is 0.884. The number of methoxy groups -OCH3 is 2. The van der Waals surface area contributed by atoms with Gasteiger partial charge < -0.3 is 14.8 Å². The SMILES string of the molecule is COc1ncnc(OC)c1CNCc1ccc(F)c(F)c1. The van der Waals surface area contributed by atoms with Crippen molar-refractivity contribution in [3.8, 4) is 11.8 Å². The van der Waals surface area contributed by atoms with Crippen molar-refractivity contribution in [2.45, 2.75) is 13.1 Å². The maximum atomic E-state index is 13.1. The highest BCUT2D eigenvalue weighted by molar-refractivity contribution is 5.34. The third-order valence-corrected chi connectivity index (χ3v) is 2.87. The van der Waals surface area contributed by atoms with E-state index in [0.717, 1.165) is 12.1 Å². The second-order valence-corrected chi connectivity index (χ2v) is 4.22. The maximum absolute atomic E-state index is 13.1. The van der Waals surface area contributed by atoms with Crippen molar-refractivity contribution in [2.75, 3.05) is 14.2 Å². The van der Waals surface area contributed by atoms with E-state index in [0.29, 0.717) is 36.0 Å². The Hall–Kier alpha value is -2.28. The van der Waals surface area contributed by atoms with Crippen molar-refractivity contribution in [1.29, 1.82) is 0 Å². The van der Waals surface area contributed by atoms with Gasteiger partial charge in [0.25, 0.3) is 0 Å². The largest absolute Gasteiger partial charge is 0.481 e. The van der Waals surface area contributed by atoms with Crippen molar-refractivity contribution in [3.05, 3.63) is 47.3 Å². The van der Waals surface area contributed by atoms with Gasteiger partial charge in [-0.05, 0) is 17.7 Å². The number of aromatic nitrogens is 2. The van der Waals surface area contributed by atoms with Gasteiger partial charge in [0.1, 0.15) is 6.33 Å². The summed E-state index contributed by atoms with van der Waals surface area (Å²) in [5, 5.41) is 3.08. The van der Waals surface area contributed by atoms with Crippen molar-refractivity contribution in [2.24, 2.45) is 0 Å². The van der Waals surface area contributed by atoms with Crippen LogP contribution in [0.3, 0.4) is 0 Å². The van der Waals surface area contributed by atoms with Crippen LogP contribution in [0, 0.1) is 11.6 Å². The monoisotopic (exact) mass is 295 g/mol. The fourth-order valence-corrected chi connectivity index (χ4v) is 1.87. The van der Waals surface area contributed by atoms with Crippen molar-refractivity contribution < 1.29 is 18.3 Å². The maximum Gasteiger partial charge on any atom is 0.224 e. The number of benzene rings is 1. The first-order valence-corrected chi connectivity index (χ1v) is 6.22. The summed E-state index contributed by atoms with van der Waals surface area (Å²) in [5.41, 5.74) is 1.29. The summed E-state index contributed by atoms with van der Waals surface area (Å²) in [6, 6.07) is 3.76. The van der Waals surface area contributed by atoms with E-state index in [1.807, 2.05) is 0 Å². The normalized spacial score (nSPS) is 10.5. The molecule has 0 aliphatic carbocycles. The summed E-state index contributed by atoms with van der Waals surface area (Å²) in [6.07, 6.45) is 1.34. The smallest absolute Gasteiger partial charge is 0.224 e. The molecule has 0 aliphatic rings. The minimum absolute atomic E-state index is 0.360. The van der Waals surface area contributed by atoms with E-state index in [1.54, 1.807) is 0 Å². The number of hydrogen-bond donors (Lipinski definition) is 1. The van der Waals surface area contributed by atoms with Gasteiger partial charge in [-0.2, -0.15) is 0 Å². The van der Waals surface area contributed by atoms with Crippen LogP contribution in [0.2, 0.25) is 0 Å². The Kier molecular flexibility index (Phi) is 4.99. The van der Waals surface area contributed by atoms with Gasteiger partial charge in [0, 0.05) is 13.1 Å². The predicted octanol–water partition coefficient (Wildman–Crippen LogP) is 2.06. The highest BCUT2D eigenvalue weighted by Gasteiger charge is 2.12. The van der Waals surface area contributed by atoms with Crippen LogP contribution < -0.4 is 14.8 Å². The molecule has 21 heavy (non-hydrogen) atoms. The standard InChI is InChI=1S/C14H15F2N3O2/c1-20-13-10(14(21-2)19-8-18-13)7-17-6-9-3-4-11(15)12(16)5-9/h3-5,8,17H,6-7H2,1-2H3. The lowest BCUT2D eigenvalue weighted by molar-refractivity contribution is 0.359. The number of rotatable bonds is 6. The summed E-state index contributed by atoms with van der Waals surface area (Å²) in [4.78, 5) is 7.99. The average molecular weight is 295 g/mol. The molecular formula is C14H15F2N3O2. The van der Waals surface area contributed by atoms with Crippen LogP contribution >= 0.6 is 0 Å². The Morgan fingerprint density at radius 3 is 2.24 bits per heavy atom. The number of halogens is 2. The van der Waals surface area contributed by atoms with E-state index in [-0.39, 0.29) is 0 Å². The van der Waals surface area contributed by atoms with Gasteiger partial charge in [-0.25, -0.2) is 18.7 Å². The molecule has 1 aromatic heterocycles. The fourth-order valence-electron chi connectivity index (χ4n) is 1.87. The Balaban J connectivity index is 2.04. The summed E-state index contributed by atoms with van der Waals surface area (Å²) in [7, 11) is 3.00. The van der Waals surface area contributed by atoms with Crippen molar-refractivity contribution in [3.63, 3.8) is 0 Å². The summed E-state index contributed by atoms with van der Waals surface area (Å²) in [5.74, 6) is -0.926. The minimum atomic E-state index is -0.868. The molecule has 5 nitrogen and oxygen atoms in total. The van der Waals surface area contributed by atoms with Crippen molar-refractivity contribution >= 4 is 0 Å². The Bertz CT molecular complexity index is 601. The second-order valence-electron chi connectivity index (χ2n) is 4.22. The molecule has 2 rings (SSSR count). The van der Waals surface area contributed by atoms with E-state index in [1.165, 1.54) is 26.6 Å². The van der Waals surface area contributed by atoms with Gasteiger partial charge >= 0.3 is 0 Å². The summed E-state index contributed by atoms with van der Waals surface area (Å²) < 4.78 is 36.2. The van der Waals surface area contributed by atoms with E-state index in [2.05, 4.69) is 15.3 Å². The molecule has 0 atom stereocenters. The molecule has 0 spiro atoms. The predicted molar refractivity (Wildman–Crippen MR) is 72.0 cm³/mol. The Morgan fingerprint density at radius 2 is 1.67 bits per heavy atom. The van der Waals surface area contributed by atoms with Crippen LogP contribution in [-0.2, 0) is 13.1 Å². The molecule has 0 saturated carbocycles. The van der Waals surface area contributed by atoms with E-state index in [9.17, 15) is 8.78 Å². The molecule has 1 aromatic carbocycles. The molecule has 0 aliphatic heterocycles. The Labute approximate surface area is 120 Å². The van der Waals surface area contributed by atoms with Gasteiger partial charge in [0.15, 0.2) is 11.6 Å². The highest BCUT2D eigenvalue weighted by atomic mass is 19.2. The van der Waals surface area contributed by atoms with Gasteiger partial charge in [-0.15, -0.1) is 0 Å². The molecule has 1 heterocycles. The van der Waals surface area contributed by atoms with Crippen LogP contribution in [0.4, 0.5) is 8.78 Å². The average Bonchev–Trinajstić information content (AvgIpc) is 2.50. The highest BCUT2D eigenvalue weighted by Crippen LogP contribution is 2.23. The molecule has 112 valence electrons. The number of nitrogens with zero attached hydrogens (tertiary/aromatic N) is 2. The third-order valence-electron chi connectivity index (χ3n) is 2.87. The van der Waals surface area contributed by atoms with Crippen LogP contribution in [0.5, 0.6) is 11.8 Å². The lowest BCUT2D eigenvalue weighted by Gasteiger charge is -2.11. The van der Waals surface area contributed by atoms with E-state index in [4.69, 9.17) is 9.47 Å². The third kappa shape index (κ3) is 3.63. The topological polar surface area (TPSA) is 56.3 Å².